The number of hydrogen-bond acceptors (Lipinski definition) is 4. The van der Waals surface area contributed by atoms with E-state index in [1.54, 1.807) is 0 Å². The van der Waals surface area contributed by atoms with Gasteiger partial charge in [-0.3, -0.25) is 4.79 Å². The van der Waals surface area contributed by atoms with Crippen LogP contribution in [0.2, 0.25) is 0 Å². The van der Waals surface area contributed by atoms with Gasteiger partial charge in [0.2, 0.25) is 0 Å². The molecule has 0 spiro atoms. The zero-order valence-corrected chi connectivity index (χ0v) is 15.4. The highest BCUT2D eigenvalue weighted by Crippen LogP contribution is 2.41. The van der Waals surface area contributed by atoms with E-state index in [-0.39, 0.29) is 11.3 Å². The number of aromatic nitrogens is 3. The van der Waals surface area contributed by atoms with Crippen LogP contribution >= 0.6 is 0 Å². The van der Waals surface area contributed by atoms with Crippen molar-refractivity contribution in [3.63, 3.8) is 0 Å². The van der Waals surface area contributed by atoms with E-state index in [1.165, 1.54) is 18.2 Å². The van der Waals surface area contributed by atoms with E-state index < -0.39 is 0 Å². The van der Waals surface area contributed by atoms with Gasteiger partial charge in [-0.25, -0.2) is 9.97 Å². The standard InChI is InChI=1S/C22H20N4O2/c27-21(18-15-28-16-23-18)25-12-9-22(10-13-25,17-6-2-1-3-7-17)19-14-26-11-5-4-8-20(26)24-19/h1-8,11,14-16H,9-10,12-13H2. The van der Waals surface area contributed by atoms with Crippen molar-refractivity contribution in [2.24, 2.45) is 0 Å². The average molecular weight is 372 g/mol. The zero-order chi connectivity index (χ0) is 19.0. The number of piperidine rings is 1. The Hall–Kier alpha value is -3.41. The predicted molar refractivity (Wildman–Crippen MR) is 104 cm³/mol. The van der Waals surface area contributed by atoms with Crippen LogP contribution in [0, 0.1) is 0 Å². The Labute approximate surface area is 162 Å². The lowest BCUT2D eigenvalue weighted by atomic mass is 9.70. The Morgan fingerprint density at radius 1 is 1.04 bits per heavy atom. The number of carbonyl (C=O) groups is 1. The third kappa shape index (κ3) is 2.69. The van der Waals surface area contributed by atoms with Gasteiger partial charge in [0.25, 0.3) is 5.91 Å². The van der Waals surface area contributed by atoms with Crippen molar-refractivity contribution in [3.8, 4) is 0 Å². The summed E-state index contributed by atoms with van der Waals surface area (Å²) in [5, 5.41) is 0. The molecule has 1 aliphatic rings. The normalized spacial score (nSPS) is 16.4. The van der Waals surface area contributed by atoms with Gasteiger partial charge in [0, 0.05) is 30.9 Å². The summed E-state index contributed by atoms with van der Waals surface area (Å²) in [4.78, 5) is 23.5. The molecular weight excluding hydrogens is 352 g/mol. The van der Waals surface area contributed by atoms with E-state index in [0.29, 0.717) is 18.8 Å². The number of fused-ring (bicyclic) bond motifs is 1. The van der Waals surface area contributed by atoms with Gasteiger partial charge < -0.3 is 13.7 Å². The van der Waals surface area contributed by atoms with Crippen LogP contribution in [-0.2, 0) is 5.41 Å². The van der Waals surface area contributed by atoms with Crippen molar-refractivity contribution >= 4 is 11.6 Å². The van der Waals surface area contributed by atoms with E-state index in [2.05, 4.69) is 39.8 Å². The van der Waals surface area contributed by atoms with Crippen LogP contribution in [0.5, 0.6) is 0 Å². The maximum atomic E-state index is 12.7. The van der Waals surface area contributed by atoms with Crippen LogP contribution in [0.25, 0.3) is 5.65 Å². The van der Waals surface area contributed by atoms with Gasteiger partial charge in [-0.2, -0.15) is 0 Å². The van der Waals surface area contributed by atoms with Gasteiger partial charge >= 0.3 is 0 Å². The Morgan fingerprint density at radius 3 is 2.54 bits per heavy atom. The second kappa shape index (κ2) is 6.64. The summed E-state index contributed by atoms with van der Waals surface area (Å²) in [5.74, 6) is -0.0783. The molecule has 0 N–H and O–H groups in total. The molecule has 1 fully saturated rings. The molecule has 1 saturated heterocycles. The molecule has 4 heterocycles. The van der Waals surface area contributed by atoms with Gasteiger partial charge in [0.15, 0.2) is 12.1 Å². The summed E-state index contributed by atoms with van der Waals surface area (Å²) in [6.07, 6.45) is 8.46. The lowest BCUT2D eigenvalue weighted by Gasteiger charge is -2.41. The average Bonchev–Trinajstić information content (AvgIpc) is 3.44. The first-order valence-corrected chi connectivity index (χ1v) is 9.43. The van der Waals surface area contributed by atoms with Gasteiger partial charge in [0.05, 0.1) is 5.69 Å². The zero-order valence-electron chi connectivity index (χ0n) is 15.4. The molecule has 1 aromatic carbocycles. The van der Waals surface area contributed by atoms with E-state index >= 15 is 0 Å². The molecule has 1 amide bonds. The van der Waals surface area contributed by atoms with Crippen molar-refractivity contribution in [2.45, 2.75) is 18.3 Å². The fourth-order valence-electron chi connectivity index (χ4n) is 4.19. The Morgan fingerprint density at radius 2 is 1.82 bits per heavy atom. The van der Waals surface area contributed by atoms with Crippen molar-refractivity contribution in [1.82, 2.24) is 19.3 Å². The first-order chi connectivity index (χ1) is 13.8. The Bertz CT molecular complexity index is 1060. The molecule has 4 aromatic rings. The molecule has 0 aliphatic carbocycles. The highest BCUT2D eigenvalue weighted by Gasteiger charge is 2.41. The summed E-state index contributed by atoms with van der Waals surface area (Å²) in [6.45, 7) is 1.29. The van der Waals surface area contributed by atoms with E-state index in [0.717, 1.165) is 24.2 Å². The summed E-state index contributed by atoms with van der Waals surface area (Å²) in [7, 11) is 0. The lowest BCUT2D eigenvalue weighted by Crippen LogP contribution is -2.46. The monoisotopic (exact) mass is 372 g/mol. The Kier molecular flexibility index (Phi) is 3.97. The van der Waals surface area contributed by atoms with Crippen molar-refractivity contribution in [3.05, 3.63) is 90.5 Å². The highest BCUT2D eigenvalue weighted by molar-refractivity contribution is 5.92. The molecule has 6 nitrogen and oxygen atoms in total. The molecule has 5 rings (SSSR count). The molecular formula is C22H20N4O2. The largest absolute Gasteiger partial charge is 0.451 e. The number of rotatable bonds is 3. The summed E-state index contributed by atoms with van der Waals surface area (Å²) in [6, 6.07) is 16.5. The van der Waals surface area contributed by atoms with Crippen LogP contribution in [0.3, 0.4) is 0 Å². The molecule has 140 valence electrons. The number of likely N-dealkylation sites (tertiary alicyclic amines) is 1. The molecule has 0 bridgehead atoms. The van der Waals surface area contributed by atoms with Crippen molar-refractivity contribution in [1.29, 1.82) is 0 Å². The molecule has 1 aliphatic heterocycles. The first kappa shape index (κ1) is 16.7. The fourth-order valence-corrected chi connectivity index (χ4v) is 4.19. The van der Waals surface area contributed by atoms with Gasteiger partial charge in [0.1, 0.15) is 11.9 Å². The van der Waals surface area contributed by atoms with Crippen LogP contribution in [0.4, 0.5) is 0 Å². The van der Waals surface area contributed by atoms with Crippen molar-refractivity contribution < 1.29 is 9.21 Å². The van der Waals surface area contributed by atoms with Crippen LogP contribution in [-0.4, -0.2) is 38.3 Å². The molecule has 0 atom stereocenters. The molecule has 28 heavy (non-hydrogen) atoms. The number of amides is 1. The summed E-state index contributed by atoms with van der Waals surface area (Å²) in [5.41, 5.74) is 3.38. The molecule has 0 unspecified atom stereocenters. The second-order valence-corrected chi connectivity index (χ2v) is 7.21. The number of hydrogen-bond donors (Lipinski definition) is 0. The van der Waals surface area contributed by atoms with Crippen molar-refractivity contribution in [2.75, 3.05) is 13.1 Å². The predicted octanol–water partition coefficient (Wildman–Crippen LogP) is 3.54. The first-order valence-electron chi connectivity index (χ1n) is 9.43. The van der Waals surface area contributed by atoms with E-state index in [1.807, 2.05) is 35.4 Å². The second-order valence-electron chi connectivity index (χ2n) is 7.21. The Balaban J connectivity index is 1.51. The van der Waals surface area contributed by atoms with Crippen LogP contribution in [0.15, 0.2) is 78.0 Å². The van der Waals surface area contributed by atoms with Gasteiger partial charge in [-0.15, -0.1) is 0 Å². The maximum absolute atomic E-state index is 12.7. The quantitative estimate of drug-likeness (QED) is 0.552. The number of pyridine rings is 1. The number of nitrogens with zero attached hydrogens (tertiary/aromatic N) is 4. The minimum Gasteiger partial charge on any atom is -0.451 e. The summed E-state index contributed by atoms with van der Waals surface area (Å²) >= 11 is 0. The number of oxazole rings is 1. The van der Waals surface area contributed by atoms with Crippen LogP contribution < -0.4 is 0 Å². The maximum Gasteiger partial charge on any atom is 0.275 e. The lowest BCUT2D eigenvalue weighted by molar-refractivity contribution is 0.0678. The summed E-state index contributed by atoms with van der Waals surface area (Å²) < 4.78 is 7.03. The molecule has 0 saturated carbocycles. The third-order valence-electron chi connectivity index (χ3n) is 5.74. The van der Waals surface area contributed by atoms with Crippen LogP contribution in [0.1, 0.15) is 34.6 Å². The number of imidazole rings is 1. The molecule has 6 heteroatoms. The fraction of sp³-hybridized carbons (Fsp3) is 0.227. The van der Waals surface area contributed by atoms with E-state index in [9.17, 15) is 4.79 Å². The minimum atomic E-state index is -0.214. The molecule has 0 radical (unpaired) electrons. The van der Waals surface area contributed by atoms with Gasteiger partial charge in [-0.05, 0) is 30.5 Å². The third-order valence-corrected chi connectivity index (χ3v) is 5.74. The topological polar surface area (TPSA) is 63.6 Å². The SMILES string of the molecule is O=C(c1cocn1)N1CCC(c2ccccc2)(c2cn3ccccc3n2)CC1. The van der Waals surface area contributed by atoms with Gasteiger partial charge in [-0.1, -0.05) is 36.4 Å². The minimum absolute atomic E-state index is 0.0783. The molecule has 3 aromatic heterocycles. The number of carbonyl (C=O) groups excluding carboxylic acids is 1. The highest BCUT2D eigenvalue weighted by atomic mass is 16.3. The number of benzene rings is 1. The van der Waals surface area contributed by atoms with E-state index in [4.69, 9.17) is 9.40 Å². The smallest absolute Gasteiger partial charge is 0.275 e.